The number of unbranched alkanes of at least 4 members (excludes halogenated alkanes) is 11. The summed E-state index contributed by atoms with van der Waals surface area (Å²) in [5, 5.41) is 10.4. The molecule has 1 N–H and O–H groups in total. The monoisotopic (exact) mass is 488 g/mol. The summed E-state index contributed by atoms with van der Waals surface area (Å²) in [6.45, 7) is 7.27. The lowest BCUT2D eigenvalue weighted by molar-refractivity contribution is -0.145. The highest BCUT2D eigenvalue weighted by Gasteiger charge is 2.15. The van der Waals surface area contributed by atoms with E-state index in [1.54, 1.807) is 0 Å². The average Bonchev–Trinajstić information content (AvgIpc) is 2.87. The molecule has 1 aromatic rings. The molecule has 0 heterocycles. The number of esters is 1. The van der Waals surface area contributed by atoms with Gasteiger partial charge >= 0.3 is 5.97 Å². The molecule has 35 heavy (non-hydrogen) atoms. The number of ether oxygens (including phenoxy) is 1. The van der Waals surface area contributed by atoms with Crippen LogP contribution in [0.3, 0.4) is 0 Å². The van der Waals surface area contributed by atoms with Gasteiger partial charge in [0.05, 0.1) is 6.61 Å². The Hall–Kier alpha value is -1.51. The van der Waals surface area contributed by atoms with Crippen molar-refractivity contribution in [2.24, 2.45) is 5.92 Å². The number of carbonyl (C=O) groups is 1. The van der Waals surface area contributed by atoms with Gasteiger partial charge in [-0.25, -0.2) is 0 Å². The van der Waals surface area contributed by atoms with Gasteiger partial charge in [0, 0.05) is 6.42 Å². The van der Waals surface area contributed by atoms with Gasteiger partial charge in [0.15, 0.2) is 0 Å². The predicted octanol–water partition coefficient (Wildman–Crippen LogP) is 10.1. The van der Waals surface area contributed by atoms with Crippen LogP contribution in [-0.2, 0) is 9.53 Å². The average molecular weight is 489 g/mol. The topological polar surface area (TPSA) is 46.5 Å². The molecule has 0 radical (unpaired) electrons. The Balaban J connectivity index is 2.19. The Morgan fingerprint density at radius 3 is 1.91 bits per heavy atom. The van der Waals surface area contributed by atoms with Crippen LogP contribution >= 0.6 is 0 Å². The van der Waals surface area contributed by atoms with Gasteiger partial charge in [-0.3, -0.25) is 4.79 Å². The first-order chi connectivity index (χ1) is 17.1. The number of carbonyl (C=O) groups excluding carboxylic acids is 1. The third-order valence-electron chi connectivity index (χ3n) is 7.49. The van der Waals surface area contributed by atoms with Crippen molar-refractivity contribution in [3.05, 3.63) is 29.8 Å². The van der Waals surface area contributed by atoms with Crippen LogP contribution in [0.5, 0.6) is 5.75 Å². The second-order valence-corrected chi connectivity index (χ2v) is 10.6. The van der Waals surface area contributed by atoms with Crippen molar-refractivity contribution in [1.29, 1.82) is 0 Å². The highest BCUT2D eigenvalue weighted by Crippen LogP contribution is 2.34. The predicted molar refractivity (Wildman–Crippen MR) is 150 cm³/mol. The molecule has 2 unspecified atom stereocenters. The molecule has 0 aliphatic rings. The van der Waals surface area contributed by atoms with E-state index < -0.39 is 0 Å². The zero-order valence-electron chi connectivity index (χ0n) is 23.4. The molecule has 0 fully saturated rings. The number of hydrogen-bond acceptors (Lipinski definition) is 3. The number of benzene rings is 1. The lowest BCUT2D eigenvalue weighted by atomic mass is 9.87. The molecule has 0 saturated carbocycles. The van der Waals surface area contributed by atoms with Crippen LogP contribution in [0.2, 0.25) is 0 Å². The maximum atomic E-state index is 12.0. The van der Waals surface area contributed by atoms with E-state index in [4.69, 9.17) is 4.74 Å². The van der Waals surface area contributed by atoms with Crippen molar-refractivity contribution < 1.29 is 14.6 Å². The van der Waals surface area contributed by atoms with Crippen LogP contribution < -0.4 is 0 Å². The van der Waals surface area contributed by atoms with E-state index in [0.29, 0.717) is 30.6 Å². The first-order valence-corrected chi connectivity index (χ1v) is 15.1. The summed E-state index contributed by atoms with van der Waals surface area (Å²) < 4.78 is 5.52. The molecule has 0 amide bonds. The van der Waals surface area contributed by atoms with E-state index in [-0.39, 0.29) is 5.97 Å². The van der Waals surface area contributed by atoms with Crippen molar-refractivity contribution >= 4 is 5.97 Å². The molecular weight excluding hydrogens is 432 g/mol. The molecule has 202 valence electrons. The lowest BCUT2D eigenvalue weighted by Gasteiger charge is -2.18. The summed E-state index contributed by atoms with van der Waals surface area (Å²) in [6.07, 6.45) is 22.5. The molecule has 3 heteroatoms. The Morgan fingerprint density at radius 1 is 0.743 bits per heavy atom. The van der Waals surface area contributed by atoms with Crippen LogP contribution in [0.4, 0.5) is 0 Å². The highest BCUT2D eigenvalue weighted by molar-refractivity contribution is 5.69. The smallest absolute Gasteiger partial charge is 0.305 e. The van der Waals surface area contributed by atoms with E-state index in [2.05, 4.69) is 32.9 Å². The number of phenolic OH excluding ortho intramolecular Hbond substituents is 1. The Labute approximate surface area is 217 Å². The summed E-state index contributed by atoms with van der Waals surface area (Å²) in [5.74, 6) is 1.45. The van der Waals surface area contributed by atoms with Crippen molar-refractivity contribution in [3.8, 4) is 5.75 Å². The van der Waals surface area contributed by atoms with Crippen molar-refractivity contribution in [2.75, 3.05) is 6.61 Å². The van der Waals surface area contributed by atoms with E-state index in [0.717, 1.165) is 31.2 Å². The minimum atomic E-state index is -0.0137. The molecule has 0 spiro atoms. The van der Waals surface area contributed by atoms with E-state index >= 15 is 0 Å². The maximum absolute atomic E-state index is 12.0. The van der Waals surface area contributed by atoms with Crippen molar-refractivity contribution in [3.63, 3.8) is 0 Å². The fourth-order valence-electron chi connectivity index (χ4n) is 5.01. The minimum absolute atomic E-state index is 0.0137. The standard InChI is InChI=1S/C32H56O3/c1-4-7-9-10-13-16-22-29(30-24-19-20-25-31(30)33)23-17-14-11-12-15-18-26-32(34)35-27-28(6-3)21-8-5-2/h19-20,24-25,28-29,33H,4-18,21-23,26-27H2,1-3H3. The van der Waals surface area contributed by atoms with Gasteiger partial charge < -0.3 is 9.84 Å². The minimum Gasteiger partial charge on any atom is -0.508 e. The van der Waals surface area contributed by atoms with Crippen molar-refractivity contribution in [2.45, 2.75) is 149 Å². The number of para-hydroxylation sites is 1. The molecule has 0 aliphatic carbocycles. The zero-order chi connectivity index (χ0) is 25.6. The number of rotatable bonds is 23. The Kier molecular flexibility index (Phi) is 19.6. The van der Waals surface area contributed by atoms with Gasteiger partial charge in [-0.1, -0.05) is 129 Å². The van der Waals surface area contributed by atoms with Gasteiger partial charge in [-0.15, -0.1) is 0 Å². The first kappa shape index (κ1) is 31.5. The number of hydrogen-bond donors (Lipinski definition) is 1. The van der Waals surface area contributed by atoms with Crippen LogP contribution in [-0.4, -0.2) is 17.7 Å². The van der Waals surface area contributed by atoms with Gasteiger partial charge in [-0.05, 0) is 49.1 Å². The van der Waals surface area contributed by atoms with Gasteiger partial charge in [0.25, 0.3) is 0 Å². The Bertz CT molecular complexity index is 627. The highest BCUT2D eigenvalue weighted by atomic mass is 16.5. The molecule has 2 atom stereocenters. The largest absolute Gasteiger partial charge is 0.508 e. The number of phenols is 1. The summed E-state index contributed by atoms with van der Waals surface area (Å²) in [7, 11) is 0. The van der Waals surface area contributed by atoms with Crippen LogP contribution in [0.25, 0.3) is 0 Å². The summed E-state index contributed by atoms with van der Waals surface area (Å²) >= 11 is 0. The van der Waals surface area contributed by atoms with Crippen LogP contribution in [0.1, 0.15) is 154 Å². The van der Waals surface area contributed by atoms with Gasteiger partial charge in [0.2, 0.25) is 0 Å². The van der Waals surface area contributed by atoms with Crippen LogP contribution in [0, 0.1) is 5.92 Å². The Morgan fingerprint density at radius 2 is 1.31 bits per heavy atom. The van der Waals surface area contributed by atoms with E-state index in [9.17, 15) is 9.90 Å². The molecule has 0 saturated heterocycles. The SMILES string of the molecule is CCCCCCCCC(CCCCCCCCC(=O)OCC(CC)CCCC)c1ccccc1O. The molecular formula is C32H56O3. The maximum Gasteiger partial charge on any atom is 0.305 e. The summed E-state index contributed by atoms with van der Waals surface area (Å²) in [4.78, 5) is 12.0. The molecule has 1 rings (SSSR count). The fourth-order valence-corrected chi connectivity index (χ4v) is 5.01. The van der Waals surface area contributed by atoms with Gasteiger partial charge in [0.1, 0.15) is 5.75 Å². The zero-order valence-corrected chi connectivity index (χ0v) is 23.4. The number of aromatic hydroxyl groups is 1. The van der Waals surface area contributed by atoms with Crippen LogP contribution in [0.15, 0.2) is 24.3 Å². The molecule has 0 bridgehead atoms. The van der Waals surface area contributed by atoms with E-state index in [1.807, 2.05) is 12.1 Å². The molecule has 1 aromatic carbocycles. The second-order valence-electron chi connectivity index (χ2n) is 10.6. The second kappa shape index (κ2) is 21.7. The summed E-state index contributed by atoms with van der Waals surface area (Å²) in [5.41, 5.74) is 1.14. The molecule has 0 aromatic heterocycles. The first-order valence-electron chi connectivity index (χ1n) is 15.1. The quantitative estimate of drug-likeness (QED) is 0.123. The van der Waals surface area contributed by atoms with Crippen molar-refractivity contribution in [1.82, 2.24) is 0 Å². The molecule has 0 aliphatic heterocycles. The lowest BCUT2D eigenvalue weighted by Crippen LogP contribution is -2.13. The van der Waals surface area contributed by atoms with Gasteiger partial charge in [-0.2, -0.15) is 0 Å². The summed E-state index contributed by atoms with van der Waals surface area (Å²) in [6, 6.07) is 7.93. The van der Waals surface area contributed by atoms with E-state index in [1.165, 1.54) is 89.9 Å². The third kappa shape index (κ3) is 16.0. The normalized spacial score (nSPS) is 13.0. The molecule has 3 nitrogen and oxygen atoms in total. The third-order valence-corrected chi connectivity index (χ3v) is 7.49. The fraction of sp³-hybridized carbons (Fsp3) is 0.781.